The second-order valence-corrected chi connectivity index (χ2v) is 6.54. The number of amides is 2. The van der Waals surface area contributed by atoms with Gasteiger partial charge in [0.15, 0.2) is 0 Å². The van der Waals surface area contributed by atoms with Gasteiger partial charge in [-0.15, -0.1) is 0 Å². The van der Waals surface area contributed by atoms with Crippen molar-refractivity contribution in [3.63, 3.8) is 0 Å². The van der Waals surface area contributed by atoms with Crippen LogP contribution in [0.5, 0.6) is 0 Å². The molecule has 1 aliphatic rings. The van der Waals surface area contributed by atoms with E-state index in [1.165, 1.54) is 11.1 Å². The lowest BCUT2D eigenvalue weighted by molar-refractivity contribution is -0.133. The number of benzene rings is 1. The second kappa shape index (κ2) is 7.62. The SMILES string of the molecule is CCCN(C(=O)C1CCN(C(C)=O)CC1)c1ccc(C)c(C)c1. The molecule has 4 heteroatoms. The monoisotopic (exact) mass is 316 g/mol. The second-order valence-electron chi connectivity index (χ2n) is 6.54. The van der Waals surface area contributed by atoms with Gasteiger partial charge in [0.1, 0.15) is 0 Å². The van der Waals surface area contributed by atoms with Crippen LogP contribution in [0.15, 0.2) is 18.2 Å². The molecule has 0 N–H and O–H groups in total. The molecule has 0 unspecified atom stereocenters. The first kappa shape index (κ1) is 17.5. The topological polar surface area (TPSA) is 40.6 Å². The molecule has 0 radical (unpaired) electrons. The van der Waals surface area contributed by atoms with Gasteiger partial charge < -0.3 is 9.80 Å². The summed E-state index contributed by atoms with van der Waals surface area (Å²) in [6, 6.07) is 6.23. The van der Waals surface area contributed by atoms with Crippen molar-refractivity contribution in [1.82, 2.24) is 4.90 Å². The number of anilines is 1. The van der Waals surface area contributed by atoms with Crippen LogP contribution in [-0.2, 0) is 9.59 Å². The molecule has 2 rings (SSSR count). The molecule has 1 saturated heterocycles. The number of carbonyl (C=O) groups excluding carboxylic acids is 2. The lowest BCUT2D eigenvalue weighted by Gasteiger charge is -2.34. The summed E-state index contributed by atoms with van der Waals surface area (Å²) in [5, 5.41) is 0. The average Bonchev–Trinajstić information content (AvgIpc) is 2.55. The molecule has 0 saturated carbocycles. The maximum Gasteiger partial charge on any atom is 0.230 e. The Hall–Kier alpha value is -1.84. The number of rotatable bonds is 4. The largest absolute Gasteiger partial charge is 0.343 e. The van der Waals surface area contributed by atoms with Crippen molar-refractivity contribution in [3.05, 3.63) is 29.3 Å². The van der Waals surface area contributed by atoms with E-state index in [2.05, 4.69) is 32.9 Å². The van der Waals surface area contributed by atoms with Gasteiger partial charge in [-0.25, -0.2) is 0 Å². The van der Waals surface area contributed by atoms with Crippen LogP contribution in [0.25, 0.3) is 0 Å². The minimum Gasteiger partial charge on any atom is -0.343 e. The maximum absolute atomic E-state index is 13.0. The Morgan fingerprint density at radius 3 is 2.35 bits per heavy atom. The molecule has 1 aromatic carbocycles. The lowest BCUT2D eigenvalue weighted by atomic mass is 9.94. The summed E-state index contributed by atoms with van der Waals surface area (Å²) in [6.07, 6.45) is 2.47. The van der Waals surface area contributed by atoms with E-state index in [9.17, 15) is 9.59 Å². The van der Waals surface area contributed by atoms with Crippen LogP contribution in [0.3, 0.4) is 0 Å². The van der Waals surface area contributed by atoms with Gasteiger partial charge in [-0.1, -0.05) is 13.0 Å². The third-order valence-corrected chi connectivity index (χ3v) is 4.80. The molecule has 1 aliphatic heterocycles. The Kier molecular flexibility index (Phi) is 5.80. The molecule has 0 bridgehead atoms. The van der Waals surface area contributed by atoms with E-state index in [0.29, 0.717) is 13.1 Å². The third kappa shape index (κ3) is 4.12. The highest BCUT2D eigenvalue weighted by molar-refractivity contribution is 5.95. The molecule has 0 aliphatic carbocycles. The maximum atomic E-state index is 13.0. The van der Waals surface area contributed by atoms with Crippen LogP contribution in [0.4, 0.5) is 5.69 Å². The van der Waals surface area contributed by atoms with Gasteiger partial charge >= 0.3 is 0 Å². The van der Waals surface area contributed by atoms with Crippen LogP contribution in [0.1, 0.15) is 44.2 Å². The number of carbonyl (C=O) groups is 2. The van der Waals surface area contributed by atoms with E-state index in [0.717, 1.165) is 31.5 Å². The zero-order valence-electron chi connectivity index (χ0n) is 14.8. The smallest absolute Gasteiger partial charge is 0.230 e. The first-order chi connectivity index (χ1) is 10.9. The van der Waals surface area contributed by atoms with Gasteiger partial charge in [-0.2, -0.15) is 0 Å². The Balaban J connectivity index is 2.12. The number of aryl methyl sites for hydroxylation is 2. The van der Waals surface area contributed by atoms with Crippen LogP contribution < -0.4 is 4.90 Å². The molecule has 2 amide bonds. The summed E-state index contributed by atoms with van der Waals surface area (Å²) in [4.78, 5) is 28.2. The Labute approximate surface area is 139 Å². The highest BCUT2D eigenvalue weighted by Gasteiger charge is 2.29. The summed E-state index contributed by atoms with van der Waals surface area (Å²) in [5.41, 5.74) is 3.45. The zero-order chi connectivity index (χ0) is 17.0. The highest BCUT2D eigenvalue weighted by Crippen LogP contribution is 2.25. The first-order valence-corrected chi connectivity index (χ1v) is 8.58. The van der Waals surface area contributed by atoms with Crippen molar-refractivity contribution in [3.8, 4) is 0 Å². The quantitative estimate of drug-likeness (QED) is 0.855. The van der Waals surface area contributed by atoms with Crippen molar-refractivity contribution in [2.75, 3.05) is 24.5 Å². The zero-order valence-corrected chi connectivity index (χ0v) is 14.8. The Morgan fingerprint density at radius 1 is 1.17 bits per heavy atom. The number of hydrogen-bond acceptors (Lipinski definition) is 2. The van der Waals surface area contributed by atoms with Gasteiger partial charge in [0.2, 0.25) is 11.8 Å². The van der Waals surface area contributed by atoms with Crippen LogP contribution >= 0.6 is 0 Å². The van der Waals surface area contributed by atoms with Crippen molar-refractivity contribution >= 4 is 17.5 Å². The molecule has 4 nitrogen and oxygen atoms in total. The third-order valence-electron chi connectivity index (χ3n) is 4.80. The molecule has 126 valence electrons. The van der Waals surface area contributed by atoms with E-state index < -0.39 is 0 Å². The van der Waals surface area contributed by atoms with E-state index in [1.807, 2.05) is 15.9 Å². The molecule has 1 heterocycles. The molecule has 0 spiro atoms. The van der Waals surface area contributed by atoms with Crippen molar-refractivity contribution in [1.29, 1.82) is 0 Å². The normalized spacial score (nSPS) is 15.6. The Bertz CT molecular complexity index is 575. The number of nitrogens with zero attached hydrogens (tertiary/aromatic N) is 2. The molecular formula is C19H28N2O2. The van der Waals surface area contributed by atoms with E-state index in [-0.39, 0.29) is 17.7 Å². The molecular weight excluding hydrogens is 288 g/mol. The fraction of sp³-hybridized carbons (Fsp3) is 0.579. The molecule has 1 aromatic rings. The van der Waals surface area contributed by atoms with Crippen LogP contribution in [0, 0.1) is 19.8 Å². The summed E-state index contributed by atoms with van der Waals surface area (Å²) >= 11 is 0. The number of likely N-dealkylation sites (tertiary alicyclic amines) is 1. The van der Waals surface area contributed by atoms with Crippen molar-refractivity contribution in [2.24, 2.45) is 5.92 Å². The minimum atomic E-state index is 0.0266. The minimum absolute atomic E-state index is 0.0266. The fourth-order valence-electron chi connectivity index (χ4n) is 3.15. The van der Waals surface area contributed by atoms with Gasteiger partial charge in [-0.05, 0) is 56.4 Å². The summed E-state index contributed by atoms with van der Waals surface area (Å²) in [5.74, 6) is 0.340. The first-order valence-electron chi connectivity index (χ1n) is 8.58. The van der Waals surface area contributed by atoms with Gasteiger partial charge in [0.25, 0.3) is 0 Å². The lowest BCUT2D eigenvalue weighted by Crippen LogP contribution is -2.44. The molecule has 23 heavy (non-hydrogen) atoms. The van der Waals surface area contributed by atoms with Crippen LogP contribution in [0.2, 0.25) is 0 Å². The predicted octanol–water partition coefficient (Wildman–Crippen LogP) is 3.30. The molecule has 0 atom stereocenters. The fourth-order valence-corrected chi connectivity index (χ4v) is 3.15. The average molecular weight is 316 g/mol. The van der Waals surface area contributed by atoms with E-state index >= 15 is 0 Å². The summed E-state index contributed by atoms with van der Waals surface area (Å²) in [6.45, 7) is 9.99. The number of hydrogen-bond donors (Lipinski definition) is 0. The van der Waals surface area contributed by atoms with Gasteiger partial charge in [0.05, 0.1) is 0 Å². The summed E-state index contributed by atoms with van der Waals surface area (Å²) < 4.78 is 0. The Morgan fingerprint density at radius 2 is 1.83 bits per heavy atom. The van der Waals surface area contributed by atoms with Crippen molar-refractivity contribution in [2.45, 2.75) is 47.0 Å². The van der Waals surface area contributed by atoms with Crippen LogP contribution in [-0.4, -0.2) is 36.3 Å². The molecule has 0 aromatic heterocycles. The predicted molar refractivity (Wildman–Crippen MR) is 93.5 cm³/mol. The van der Waals surface area contributed by atoms with Crippen molar-refractivity contribution < 1.29 is 9.59 Å². The summed E-state index contributed by atoms with van der Waals surface area (Å²) in [7, 11) is 0. The van der Waals surface area contributed by atoms with Gasteiger partial charge in [-0.3, -0.25) is 9.59 Å². The van der Waals surface area contributed by atoms with Gasteiger partial charge in [0, 0.05) is 38.2 Å². The highest BCUT2D eigenvalue weighted by atomic mass is 16.2. The van der Waals surface area contributed by atoms with E-state index in [4.69, 9.17) is 0 Å². The van der Waals surface area contributed by atoms with E-state index in [1.54, 1.807) is 6.92 Å². The standard InChI is InChI=1S/C19H28N2O2/c1-5-10-21(18-7-6-14(2)15(3)13-18)19(23)17-8-11-20(12-9-17)16(4)22/h6-7,13,17H,5,8-12H2,1-4H3. The molecule has 1 fully saturated rings. The number of piperidine rings is 1.